The number of aromatic nitrogens is 4. The Morgan fingerprint density at radius 3 is 2.44 bits per heavy atom. The molecular weight excluding hydrogens is 463 g/mol. The van der Waals surface area contributed by atoms with Crippen LogP contribution in [0.5, 0.6) is 11.5 Å². The van der Waals surface area contributed by atoms with Crippen LogP contribution in [0.1, 0.15) is 18.5 Å². The third-order valence-electron chi connectivity index (χ3n) is 5.81. The number of allylic oxidation sites excluding steroid dienone is 1. The van der Waals surface area contributed by atoms with Crippen LogP contribution in [0.2, 0.25) is 0 Å². The zero-order valence-corrected chi connectivity index (χ0v) is 19.8. The molecule has 3 heterocycles. The standard InChI is InChI=1S/C26H23FN6O3/c1-15-22(25(34)30-19-5-4-10-28-14-19)23(16-6-8-18(27)9-7-16)33-26(29-15)31-24(32-33)17-11-20(35-2)13-21(12-17)36-3/h4-14,23H,1-3H3,(H,30,34)(H,29,31,32). The highest BCUT2D eigenvalue weighted by Gasteiger charge is 2.34. The van der Waals surface area contributed by atoms with Gasteiger partial charge in [0.15, 0.2) is 5.82 Å². The Bertz CT molecular complexity index is 1430. The molecule has 0 radical (unpaired) electrons. The molecule has 5 rings (SSSR count). The Balaban J connectivity index is 1.61. The fourth-order valence-electron chi connectivity index (χ4n) is 4.09. The summed E-state index contributed by atoms with van der Waals surface area (Å²) in [6.45, 7) is 1.79. The lowest BCUT2D eigenvalue weighted by Gasteiger charge is -2.28. The number of fused-ring (bicyclic) bond motifs is 1. The van der Waals surface area contributed by atoms with Gasteiger partial charge >= 0.3 is 0 Å². The molecule has 36 heavy (non-hydrogen) atoms. The Hall–Kier alpha value is -4.73. The average molecular weight is 487 g/mol. The van der Waals surface area contributed by atoms with Crippen molar-refractivity contribution in [3.8, 4) is 22.9 Å². The molecule has 0 bridgehead atoms. The van der Waals surface area contributed by atoms with Crippen LogP contribution in [0, 0.1) is 5.82 Å². The lowest BCUT2D eigenvalue weighted by atomic mass is 9.95. The molecule has 9 nitrogen and oxygen atoms in total. The molecule has 0 fully saturated rings. The van der Waals surface area contributed by atoms with Gasteiger partial charge in [-0.15, -0.1) is 5.10 Å². The lowest BCUT2D eigenvalue weighted by Crippen LogP contribution is -2.31. The van der Waals surface area contributed by atoms with Gasteiger partial charge in [-0.2, -0.15) is 4.98 Å². The number of nitrogens with one attached hydrogen (secondary N) is 2. The van der Waals surface area contributed by atoms with Gasteiger partial charge in [0.25, 0.3) is 5.91 Å². The van der Waals surface area contributed by atoms with Crippen LogP contribution in [0.4, 0.5) is 16.0 Å². The first-order valence-electron chi connectivity index (χ1n) is 11.1. The highest BCUT2D eigenvalue weighted by Crippen LogP contribution is 2.37. The normalized spacial score (nSPS) is 14.6. The number of hydrogen-bond donors (Lipinski definition) is 2. The van der Waals surface area contributed by atoms with Gasteiger partial charge in [0, 0.05) is 23.5 Å². The van der Waals surface area contributed by atoms with E-state index in [9.17, 15) is 9.18 Å². The summed E-state index contributed by atoms with van der Waals surface area (Å²) in [4.78, 5) is 22.2. The monoisotopic (exact) mass is 486 g/mol. The van der Waals surface area contributed by atoms with Crippen molar-refractivity contribution < 1.29 is 18.7 Å². The van der Waals surface area contributed by atoms with Gasteiger partial charge < -0.3 is 20.1 Å². The zero-order valence-electron chi connectivity index (χ0n) is 19.8. The summed E-state index contributed by atoms with van der Waals surface area (Å²) < 4.78 is 26.2. The molecular formula is C26H23FN6O3. The molecule has 4 aromatic rings. The van der Waals surface area contributed by atoms with E-state index in [1.807, 2.05) is 0 Å². The maximum atomic E-state index is 13.8. The number of ether oxygens (including phenoxy) is 2. The molecule has 10 heteroatoms. The molecule has 1 amide bonds. The smallest absolute Gasteiger partial charge is 0.255 e. The van der Waals surface area contributed by atoms with E-state index in [1.54, 1.807) is 80.7 Å². The SMILES string of the molecule is COc1cc(OC)cc(-c2nc3n(n2)C(c2ccc(F)cc2)C(C(=O)Nc2cccnc2)=C(C)N3)c1. The van der Waals surface area contributed by atoms with E-state index < -0.39 is 6.04 Å². The zero-order chi connectivity index (χ0) is 25.2. The van der Waals surface area contributed by atoms with Crippen molar-refractivity contribution in [2.75, 3.05) is 24.9 Å². The first-order chi connectivity index (χ1) is 17.5. The Morgan fingerprint density at radius 1 is 1.08 bits per heavy atom. The number of carbonyl (C=O) groups is 1. The molecule has 0 aliphatic carbocycles. The predicted octanol–water partition coefficient (Wildman–Crippen LogP) is 4.42. The minimum Gasteiger partial charge on any atom is -0.497 e. The van der Waals surface area contributed by atoms with E-state index in [0.717, 1.165) is 0 Å². The third kappa shape index (κ3) is 4.36. The molecule has 0 saturated carbocycles. The quantitative estimate of drug-likeness (QED) is 0.416. The van der Waals surface area contributed by atoms with Crippen LogP contribution in [0.25, 0.3) is 11.4 Å². The number of anilines is 2. The topological polar surface area (TPSA) is 103 Å². The van der Waals surface area contributed by atoms with Gasteiger partial charge in [0.1, 0.15) is 23.4 Å². The van der Waals surface area contributed by atoms with Crippen LogP contribution < -0.4 is 20.1 Å². The molecule has 1 unspecified atom stereocenters. The highest BCUT2D eigenvalue weighted by atomic mass is 19.1. The van der Waals surface area contributed by atoms with Crippen molar-refractivity contribution in [3.63, 3.8) is 0 Å². The third-order valence-corrected chi connectivity index (χ3v) is 5.81. The Labute approximate surface area is 206 Å². The van der Waals surface area contributed by atoms with Crippen molar-refractivity contribution >= 4 is 17.5 Å². The fourth-order valence-corrected chi connectivity index (χ4v) is 4.09. The average Bonchev–Trinajstić information content (AvgIpc) is 3.32. The summed E-state index contributed by atoms with van der Waals surface area (Å²) in [5.41, 5.74) is 2.91. The first-order valence-corrected chi connectivity index (χ1v) is 11.1. The summed E-state index contributed by atoms with van der Waals surface area (Å²) >= 11 is 0. The Kier molecular flexibility index (Phi) is 6.07. The first kappa shape index (κ1) is 23.0. The summed E-state index contributed by atoms with van der Waals surface area (Å²) in [6.07, 6.45) is 3.19. The van der Waals surface area contributed by atoms with E-state index in [2.05, 4.69) is 20.6 Å². The second-order valence-electron chi connectivity index (χ2n) is 8.12. The summed E-state index contributed by atoms with van der Waals surface area (Å²) in [5.74, 6) is 1.31. The molecule has 182 valence electrons. The number of pyridine rings is 1. The van der Waals surface area contributed by atoms with Crippen molar-refractivity contribution in [2.24, 2.45) is 0 Å². The number of amides is 1. The van der Waals surface area contributed by atoms with E-state index in [1.165, 1.54) is 12.1 Å². The van der Waals surface area contributed by atoms with Crippen molar-refractivity contribution in [2.45, 2.75) is 13.0 Å². The van der Waals surface area contributed by atoms with Crippen molar-refractivity contribution in [3.05, 3.63) is 89.6 Å². The molecule has 0 spiro atoms. The minimum atomic E-state index is -0.660. The maximum Gasteiger partial charge on any atom is 0.255 e. The molecule has 2 aromatic heterocycles. The highest BCUT2D eigenvalue weighted by molar-refractivity contribution is 6.05. The summed E-state index contributed by atoms with van der Waals surface area (Å²) in [6, 6.07) is 14.2. The van der Waals surface area contributed by atoms with Gasteiger partial charge in [-0.05, 0) is 48.9 Å². The molecule has 0 saturated heterocycles. The number of halogens is 1. The molecule has 1 aliphatic rings. The number of rotatable bonds is 6. The van der Waals surface area contributed by atoms with Crippen LogP contribution in [0.15, 0.2) is 78.3 Å². The van der Waals surface area contributed by atoms with E-state index >= 15 is 0 Å². The molecule has 1 aliphatic heterocycles. The summed E-state index contributed by atoms with van der Waals surface area (Å²) in [5, 5.41) is 10.8. The predicted molar refractivity (Wildman–Crippen MR) is 132 cm³/mol. The van der Waals surface area contributed by atoms with Crippen molar-refractivity contribution in [1.82, 2.24) is 19.7 Å². The van der Waals surface area contributed by atoms with Crippen LogP contribution in [-0.2, 0) is 4.79 Å². The van der Waals surface area contributed by atoms with Crippen LogP contribution in [0.3, 0.4) is 0 Å². The largest absolute Gasteiger partial charge is 0.497 e. The number of carbonyl (C=O) groups excluding carboxylic acids is 1. The van der Waals surface area contributed by atoms with Gasteiger partial charge in [0.05, 0.1) is 31.7 Å². The molecule has 2 N–H and O–H groups in total. The van der Waals surface area contributed by atoms with Crippen LogP contribution >= 0.6 is 0 Å². The second kappa shape index (κ2) is 9.49. The number of hydrogen-bond acceptors (Lipinski definition) is 7. The second-order valence-corrected chi connectivity index (χ2v) is 8.12. The van der Waals surface area contributed by atoms with E-state index in [0.29, 0.717) is 51.4 Å². The van der Waals surface area contributed by atoms with E-state index in [-0.39, 0.29) is 11.7 Å². The van der Waals surface area contributed by atoms with Gasteiger partial charge in [-0.25, -0.2) is 9.07 Å². The lowest BCUT2D eigenvalue weighted by molar-refractivity contribution is -0.113. The van der Waals surface area contributed by atoms with Gasteiger partial charge in [-0.3, -0.25) is 9.78 Å². The van der Waals surface area contributed by atoms with Gasteiger partial charge in [-0.1, -0.05) is 12.1 Å². The summed E-state index contributed by atoms with van der Waals surface area (Å²) in [7, 11) is 3.13. The molecule has 1 atom stereocenters. The van der Waals surface area contributed by atoms with Crippen molar-refractivity contribution in [1.29, 1.82) is 0 Å². The van der Waals surface area contributed by atoms with E-state index in [4.69, 9.17) is 14.6 Å². The number of nitrogens with zero attached hydrogens (tertiary/aromatic N) is 4. The Morgan fingerprint density at radius 2 is 1.81 bits per heavy atom. The fraction of sp³-hybridized carbons (Fsp3) is 0.154. The van der Waals surface area contributed by atoms with Gasteiger partial charge in [0.2, 0.25) is 5.95 Å². The number of benzene rings is 2. The molecule has 2 aromatic carbocycles. The minimum absolute atomic E-state index is 0.340. The number of methoxy groups -OCH3 is 2. The van der Waals surface area contributed by atoms with Crippen LogP contribution in [-0.4, -0.2) is 39.9 Å². The maximum absolute atomic E-state index is 13.8.